The molecule has 110 valence electrons. The van der Waals surface area contributed by atoms with Crippen molar-refractivity contribution in [1.82, 2.24) is 5.32 Å². The lowest BCUT2D eigenvalue weighted by Crippen LogP contribution is -2.40. The van der Waals surface area contributed by atoms with Crippen LogP contribution >= 0.6 is 0 Å². The zero-order valence-corrected chi connectivity index (χ0v) is 13.0. The number of carbonyl (C=O) groups is 1. The summed E-state index contributed by atoms with van der Waals surface area (Å²) in [6, 6.07) is 9.97. The summed E-state index contributed by atoms with van der Waals surface area (Å²) >= 11 is 0. The molecule has 1 aromatic rings. The molecule has 0 unspecified atom stereocenters. The van der Waals surface area contributed by atoms with E-state index in [1.165, 1.54) is 0 Å². The molecule has 0 spiro atoms. The number of hydrogen-bond donors (Lipinski definition) is 1. The molecule has 0 aliphatic carbocycles. The number of rotatable bonds is 4. The number of nitrogens with one attached hydrogen (secondary N) is 1. The first-order chi connectivity index (χ1) is 9.28. The first-order valence-corrected chi connectivity index (χ1v) is 7.01. The average molecular weight is 275 g/mol. The topological polar surface area (TPSA) is 38.3 Å². The second-order valence-corrected chi connectivity index (χ2v) is 6.19. The first kappa shape index (κ1) is 16.3. The van der Waals surface area contributed by atoms with Gasteiger partial charge in [0.05, 0.1) is 6.04 Å². The van der Waals surface area contributed by atoms with E-state index in [1.54, 1.807) is 0 Å². The fourth-order valence-corrected chi connectivity index (χ4v) is 1.66. The third-order valence-electron chi connectivity index (χ3n) is 2.70. The molecule has 3 heteroatoms. The van der Waals surface area contributed by atoms with Crippen molar-refractivity contribution < 1.29 is 9.53 Å². The lowest BCUT2D eigenvalue weighted by atomic mass is 10.0. The van der Waals surface area contributed by atoms with Crippen molar-refractivity contribution in [1.29, 1.82) is 0 Å². The highest BCUT2D eigenvalue weighted by atomic mass is 16.6. The Labute approximate surface area is 122 Å². The Morgan fingerprint density at radius 3 is 2.30 bits per heavy atom. The van der Waals surface area contributed by atoms with Gasteiger partial charge in [-0.25, -0.2) is 4.79 Å². The standard InChI is InChI=1S/C17H25NO2/c1-13(2)15(18-16(19)20-17(3,4)5)12-11-14-9-7-6-8-10-14/h6-13,15H,1-5H3,(H,18,19)/b12-11+/t15-/m0/s1. The Morgan fingerprint density at radius 2 is 1.80 bits per heavy atom. The Balaban J connectivity index is 2.66. The summed E-state index contributed by atoms with van der Waals surface area (Å²) < 4.78 is 5.29. The highest BCUT2D eigenvalue weighted by Gasteiger charge is 2.19. The molecular weight excluding hydrogens is 250 g/mol. The number of carbonyl (C=O) groups excluding carboxylic acids is 1. The van der Waals surface area contributed by atoms with E-state index in [0.29, 0.717) is 5.92 Å². The minimum atomic E-state index is -0.477. The van der Waals surface area contributed by atoms with Gasteiger partial charge < -0.3 is 10.1 Å². The molecule has 1 amide bonds. The van der Waals surface area contributed by atoms with Crippen LogP contribution in [0.4, 0.5) is 4.79 Å². The summed E-state index contributed by atoms with van der Waals surface area (Å²) in [5, 5.41) is 2.90. The van der Waals surface area contributed by atoms with Crippen LogP contribution in [0.2, 0.25) is 0 Å². The average Bonchev–Trinajstić information content (AvgIpc) is 2.33. The SMILES string of the molecule is CC(C)[C@H](/C=C/c1ccccc1)NC(=O)OC(C)(C)C. The second kappa shape index (κ2) is 7.13. The predicted octanol–water partition coefficient (Wildman–Crippen LogP) is 4.25. The molecule has 0 aliphatic heterocycles. The van der Waals surface area contributed by atoms with E-state index < -0.39 is 5.60 Å². The van der Waals surface area contributed by atoms with Crippen LogP contribution in [-0.4, -0.2) is 17.7 Å². The minimum absolute atomic E-state index is 0.0509. The summed E-state index contributed by atoms with van der Waals surface area (Å²) in [5.74, 6) is 0.294. The molecule has 0 saturated carbocycles. The van der Waals surface area contributed by atoms with E-state index >= 15 is 0 Å². The normalized spacial score (nSPS) is 13.5. The lowest BCUT2D eigenvalue weighted by molar-refractivity contribution is 0.0504. The Morgan fingerprint density at radius 1 is 1.20 bits per heavy atom. The Kier molecular flexibility index (Phi) is 5.81. The van der Waals surface area contributed by atoms with Gasteiger partial charge >= 0.3 is 6.09 Å². The first-order valence-electron chi connectivity index (χ1n) is 7.01. The van der Waals surface area contributed by atoms with Crippen LogP contribution in [-0.2, 0) is 4.74 Å². The van der Waals surface area contributed by atoms with Gasteiger partial charge in [-0.15, -0.1) is 0 Å². The third kappa shape index (κ3) is 6.41. The van der Waals surface area contributed by atoms with Crippen molar-refractivity contribution in [2.24, 2.45) is 5.92 Å². The van der Waals surface area contributed by atoms with Gasteiger partial charge in [0.2, 0.25) is 0 Å². The number of alkyl carbamates (subject to hydrolysis) is 1. The maximum atomic E-state index is 11.8. The zero-order chi connectivity index (χ0) is 15.2. The lowest BCUT2D eigenvalue weighted by Gasteiger charge is -2.24. The van der Waals surface area contributed by atoms with Crippen LogP contribution in [0, 0.1) is 5.92 Å². The molecule has 0 aromatic heterocycles. The van der Waals surface area contributed by atoms with Gasteiger partial charge in [-0.05, 0) is 32.3 Å². The van der Waals surface area contributed by atoms with Gasteiger partial charge in [0.15, 0.2) is 0 Å². The molecule has 20 heavy (non-hydrogen) atoms. The fraction of sp³-hybridized carbons (Fsp3) is 0.471. The smallest absolute Gasteiger partial charge is 0.408 e. The van der Waals surface area contributed by atoms with Crippen LogP contribution in [0.3, 0.4) is 0 Å². The van der Waals surface area contributed by atoms with Gasteiger partial charge in [-0.2, -0.15) is 0 Å². The Bertz CT molecular complexity index is 444. The van der Waals surface area contributed by atoms with Crippen molar-refractivity contribution in [3.05, 3.63) is 42.0 Å². The molecule has 0 saturated heterocycles. The molecule has 0 aliphatic rings. The number of benzene rings is 1. The van der Waals surface area contributed by atoms with Crippen molar-refractivity contribution in [2.75, 3.05) is 0 Å². The molecule has 0 radical (unpaired) electrons. The monoisotopic (exact) mass is 275 g/mol. The summed E-state index contributed by atoms with van der Waals surface area (Å²) in [7, 11) is 0. The van der Waals surface area contributed by atoms with Gasteiger partial charge in [0, 0.05) is 0 Å². The van der Waals surface area contributed by atoms with Crippen LogP contribution in [0.5, 0.6) is 0 Å². The van der Waals surface area contributed by atoms with E-state index in [0.717, 1.165) is 5.56 Å². The molecule has 1 aromatic carbocycles. The minimum Gasteiger partial charge on any atom is -0.444 e. The molecular formula is C17H25NO2. The number of amides is 1. The van der Waals surface area contributed by atoms with Crippen molar-refractivity contribution in [3.63, 3.8) is 0 Å². The predicted molar refractivity (Wildman–Crippen MR) is 83.5 cm³/mol. The summed E-state index contributed by atoms with van der Waals surface area (Å²) in [4.78, 5) is 11.8. The highest BCUT2D eigenvalue weighted by Crippen LogP contribution is 2.11. The molecule has 1 rings (SSSR count). The highest BCUT2D eigenvalue weighted by molar-refractivity contribution is 5.68. The van der Waals surface area contributed by atoms with Crippen LogP contribution < -0.4 is 5.32 Å². The van der Waals surface area contributed by atoms with Gasteiger partial charge in [0.1, 0.15) is 5.60 Å². The number of ether oxygens (including phenoxy) is 1. The van der Waals surface area contributed by atoms with Crippen molar-refractivity contribution in [2.45, 2.75) is 46.3 Å². The second-order valence-electron chi connectivity index (χ2n) is 6.19. The van der Waals surface area contributed by atoms with E-state index in [1.807, 2.05) is 63.3 Å². The summed E-state index contributed by atoms with van der Waals surface area (Å²) in [6.45, 7) is 9.71. The van der Waals surface area contributed by atoms with Crippen molar-refractivity contribution in [3.8, 4) is 0 Å². The van der Waals surface area contributed by atoms with E-state index in [4.69, 9.17) is 4.74 Å². The summed E-state index contributed by atoms with van der Waals surface area (Å²) in [6.07, 6.45) is 3.64. The van der Waals surface area contributed by atoms with Gasteiger partial charge in [-0.3, -0.25) is 0 Å². The summed E-state index contributed by atoms with van der Waals surface area (Å²) in [5.41, 5.74) is 0.638. The fourth-order valence-electron chi connectivity index (χ4n) is 1.66. The zero-order valence-electron chi connectivity index (χ0n) is 13.0. The van der Waals surface area contributed by atoms with Gasteiger partial charge in [0.25, 0.3) is 0 Å². The molecule has 1 N–H and O–H groups in total. The molecule has 3 nitrogen and oxygen atoms in total. The quantitative estimate of drug-likeness (QED) is 0.892. The molecule has 0 fully saturated rings. The van der Waals surface area contributed by atoms with E-state index in [2.05, 4.69) is 19.2 Å². The molecule has 1 atom stereocenters. The largest absolute Gasteiger partial charge is 0.444 e. The van der Waals surface area contributed by atoms with Crippen molar-refractivity contribution >= 4 is 12.2 Å². The van der Waals surface area contributed by atoms with Crippen LogP contribution in [0.15, 0.2) is 36.4 Å². The molecule has 0 heterocycles. The van der Waals surface area contributed by atoms with Gasteiger partial charge in [-0.1, -0.05) is 56.3 Å². The third-order valence-corrected chi connectivity index (χ3v) is 2.70. The molecule has 0 bridgehead atoms. The maximum absolute atomic E-state index is 11.8. The van der Waals surface area contributed by atoms with Crippen LogP contribution in [0.25, 0.3) is 6.08 Å². The Hall–Kier alpha value is -1.77. The maximum Gasteiger partial charge on any atom is 0.408 e. The van der Waals surface area contributed by atoms with E-state index in [-0.39, 0.29) is 12.1 Å². The number of hydrogen-bond acceptors (Lipinski definition) is 2. The van der Waals surface area contributed by atoms with Crippen LogP contribution in [0.1, 0.15) is 40.2 Å². The van der Waals surface area contributed by atoms with E-state index in [9.17, 15) is 4.79 Å².